The number of hydrogen-bond donors (Lipinski definition) is 0. The van der Waals surface area contributed by atoms with E-state index < -0.39 is 0 Å². The van der Waals surface area contributed by atoms with Gasteiger partial charge in [0, 0.05) is 34.1 Å². The molecule has 5 aliphatic rings. The Bertz CT molecular complexity index is 2880. The smallest absolute Gasteiger partial charge is 0.252 e. The van der Waals surface area contributed by atoms with Gasteiger partial charge in [-0.25, -0.2) is 0 Å². The third-order valence-corrected chi connectivity index (χ3v) is 17.7. The normalized spacial score (nSPS) is 21.0. The molecule has 65 heavy (non-hydrogen) atoms. The average molecular weight is 863 g/mol. The van der Waals surface area contributed by atoms with Crippen molar-refractivity contribution in [3.8, 4) is 0 Å². The van der Waals surface area contributed by atoms with Gasteiger partial charge in [-0.3, -0.25) is 0 Å². The van der Waals surface area contributed by atoms with Crippen LogP contribution in [0, 0.1) is 13.8 Å². The standard InChI is InChI=1S/C62H79BN2/c1-36-27-41-43(61(17,18)34-59(41,13)14)32-49(36)65-50-33-44-42(60(15,16)35-62(44,19)20)31-46(50)63-45-28-38(55(3,4)5)21-23-48(45)64(51-29-39(56(6,7)8)30-52(65)54(51)63)47-24-22-40-53(37(47)2)58(11,12)26-25-57(40,9)10/h21-24,27-33H,25-26,34-35H2,1-20H3. The summed E-state index contributed by atoms with van der Waals surface area (Å²) < 4.78 is 0. The van der Waals surface area contributed by atoms with Crippen molar-refractivity contribution in [3.63, 3.8) is 0 Å². The second kappa shape index (κ2) is 13.3. The summed E-state index contributed by atoms with van der Waals surface area (Å²) in [6.45, 7) is 49.0. The molecule has 2 aliphatic heterocycles. The van der Waals surface area contributed by atoms with Crippen LogP contribution in [0.4, 0.5) is 34.1 Å². The predicted molar refractivity (Wildman–Crippen MR) is 284 cm³/mol. The van der Waals surface area contributed by atoms with Gasteiger partial charge in [0.1, 0.15) is 0 Å². The molecular formula is C62H79BN2. The van der Waals surface area contributed by atoms with Gasteiger partial charge in [0.25, 0.3) is 6.71 Å². The average Bonchev–Trinajstić information content (AvgIpc) is 3.47. The lowest BCUT2D eigenvalue weighted by Gasteiger charge is -2.47. The van der Waals surface area contributed by atoms with E-state index in [2.05, 4.69) is 215 Å². The van der Waals surface area contributed by atoms with Crippen LogP contribution < -0.4 is 26.2 Å². The lowest BCUT2D eigenvalue weighted by atomic mass is 9.33. The minimum absolute atomic E-state index is 0.00794. The number of aryl methyl sites for hydroxylation is 1. The first-order valence-electron chi connectivity index (χ1n) is 25.2. The molecule has 0 saturated carbocycles. The van der Waals surface area contributed by atoms with E-state index in [0.29, 0.717) is 0 Å². The van der Waals surface area contributed by atoms with Gasteiger partial charge >= 0.3 is 0 Å². The zero-order chi connectivity index (χ0) is 47.3. The maximum Gasteiger partial charge on any atom is 0.252 e. The van der Waals surface area contributed by atoms with E-state index in [-0.39, 0.29) is 50.0 Å². The zero-order valence-electron chi connectivity index (χ0n) is 44.2. The monoisotopic (exact) mass is 863 g/mol. The van der Waals surface area contributed by atoms with Crippen molar-refractivity contribution in [1.82, 2.24) is 0 Å². The van der Waals surface area contributed by atoms with Gasteiger partial charge in [0.2, 0.25) is 0 Å². The van der Waals surface area contributed by atoms with Gasteiger partial charge in [-0.05, 0) is 191 Å². The summed E-state index contributed by atoms with van der Waals surface area (Å²) in [4.78, 5) is 5.49. The third-order valence-electron chi connectivity index (χ3n) is 17.7. The van der Waals surface area contributed by atoms with Crippen LogP contribution in [-0.4, -0.2) is 6.71 Å². The van der Waals surface area contributed by atoms with Crippen molar-refractivity contribution in [2.24, 2.45) is 0 Å². The number of rotatable bonds is 2. The Morgan fingerprint density at radius 3 is 1.43 bits per heavy atom. The number of anilines is 6. The molecule has 0 atom stereocenters. The van der Waals surface area contributed by atoms with E-state index in [9.17, 15) is 0 Å². The first kappa shape index (κ1) is 44.6. The van der Waals surface area contributed by atoms with Crippen molar-refractivity contribution < 1.29 is 0 Å². The minimum atomic E-state index is -0.0884. The van der Waals surface area contributed by atoms with Gasteiger partial charge in [-0.1, -0.05) is 155 Å². The summed E-state index contributed by atoms with van der Waals surface area (Å²) in [7, 11) is 0. The van der Waals surface area contributed by atoms with Crippen LogP contribution in [0.2, 0.25) is 0 Å². The van der Waals surface area contributed by atoms with Crippen LogP contribution in [0.3, 0.4) is 0 Å². The first-order valence-corrected chi connectivity index (χ1v) is 25.2. The molecule has 0 amide bonds. The van der Waals surface area contributed by atoms with Gasteiger partial charge < -0.3 is 9.80 Å². The summed E-state index contributed by atoms with van der Waals surface area (Å²) >= 11 is 0. The second-order valence-corrected chi connectivity index (χ2v) is 27.7. The molecule has 0 unspecified atom stereocenters. The molecule has 0 aromatic heterocycles. The second-order valence-electron chi connectivity index (χ2n) is 27.7. The summed E-state index contributed by atoms with van der Waals surface area (Å²) in [6.07, 6.45) is 4.69. The van der Waals surface area contributed by atoms with Crippen LogP contribution in [-0.2, 0) is 43.3 Å². The van der Waals surface area contributed by atoms with Crippen LogP contribution in [0.1, 0.15) is 206 Å². The van der Waals surface area contributed by atoms with Gasteiger partial charge in [-0.2, -0.15) is 0 Å². The molecule has 5 aromatic carbocycles. The largest absolute Gasteiger partial charge is 0.311 e. The lowest BCUT2D eigenvalue weighted by Crippen LogP contribution is -2.62. The highest BCUT2D eigenvalue weighted by Crippen LogP contribution is 2.57. The summed E-state index contributed by atoms with van der Waals surface area (Å²) in [5.41, 5.74) is 27.4. The quantitative estimate of drug-likeness (QED) is 0.160. The molecular weight excluding hydrogens is 784 g/mol. The molecule has 0 saturated heterocycles. The zero-order valence-corrected chi connectivity index (χ0v) is 44.2. The number of nitrogens with zero attached hydrogens (tertiary/aromatic N) is 2. The van der Waals surface area contributed by atoms with E-state index >= 15 is 0 Å². The van der Waals surface area contributed by atoms with E-state index in [4.69, 9.17) is 0 Å². The molecule has 3 heteroatoms. The number of fused-ring (bicyclic) bond motifs is 7. The fraction of sp³-hybridized carbons (Fsp3) is 0.516. The molecule has 340 valence electrons. The Labute approximate surface area is 395 Å². The molecule has 0 fully saturated rings. The molecule has 3 aliphatic carbocycles. The van der Waals surface area contributed by atoms with Crippen molar-refractivity contribution in [3.05, 3.63) is 122 Å². The molecule has 0 bridgehead atoms. The Balaban J connectivity index is 1.37. The van der Waals surface area contributed by atoms with E-state index in [1.54, 1.807) is 5.56 Å². The third kappa shape index (κ3) is 6.38. The molecule has 0 spiro atoms. The summed E-state index contributed by atoms with van der Waals surface area (Å²) in [5, 5.41) is 0. The van der Waals surface area contributed by atoms with Crippen molar-refractivity contribution in [2.45, 2.75) is 207 Å². The minimum Gasteiger partial charge on any atom is -0.311 e. The fourth-order valence-corrected chi connectivity index (χ4v) is 14.5. The summed E-state index contributed by atoms with van der Waals surface area (Å²) in [6, 6.07) is 28.4. The maximum absolute atomic E-state index is 2.76. The molecule has 0 radical (unpaired) electrons. The topological polar surface area (TPSA) is 6.48 Å². The molecule has 10 rings (SSSR count). The Morgan fingerprint density at radius 2 is 0.877 bits per heavy atom. The molecule has 0 N–H and O–H groups in total. The van der Waals surface area contributed by atoms with Crippen LogP contribution in [0.15, 0.2) is 66.7 Å². The van der Waals surface area contributed by atoms with Crippen LogP contribution in [0.5, 0.6) is 0 Å². The Hall–Kier alpha value is -4.24. The maximum atomic E-state index is 2.76. The van der Waals surface area contributed by atoms with E-state index in [1.165, 1.54) is 113 Å². The lowest BCUT2D eigenvalue weighted by molar-refractivity contribution is 0.330. The molecule has 5 aromatic rings. The van der Waals surface area contributed by atoms with Crippen LogP contribution >= 0.6 is 0 Å². The number of benzene rings is 5. The molecule has 2 heterocycles. The number of hydrogen-bond acceptors (Lipinski definition) is 2. The first-order chi connectivity index (χ1) is 29.8. The Morgan fingerprint density at radius 1 is 0.415 bits per heavy atom. The highest BCUT2D eigenvalue weighted by molar-refractivity contribution is 7.00. The molecule has 2 nitrogen and oxygen atoms in total. The van der Waals surface area contributed by atoms with Crippen molar-refractivity contribution in [1.29, 1.82) is 0 Å². The Kier molecular flexibility index (Phi) is 9.10. The van der Waals surface area contributed by atoms with E-state index in [0.717, 1.165) is 12.8 Å². The van der Waals surface area contributed by atoms with Crippen molar-refractivity contribution in [2.75, 3.05) is 9.80 Å². The van der Waals surface area contributed by atoms with Gasteiger partial charge in [0.15, 0.2) is 0 Å². The van der Waals surface area contributed by atoms with Gasteiger partial charge in [-0.15, -0.1) is 0 Å². The predicted octanol–water partition coefficient (Wildman–Crippen LogP) is 15.2. The summed E-state index contributed by atoms with van der Waals surface area (Å²) in [5.74, 6) is 0. The highest BCUT2D eigenvalue weighted by Gasteiger charge is 2.50. The SMILES string of the molecule is Cc1cc2c(cc1N1c3cc4c(cc3B3c5cc(C(C)(C)C)ccc5N(c5ccc6c(c5C)C(C)(C)CCC6(C)C)c5cc(C(C)(C)C)cc1c53)C(C)(C)CC4(C)C)C(C)(C)CC2(C)C. The van der Waals surface area contributed by atoms with E-state index in [1.807, 2.05) is 0 Å². The van der Waals surface area contributed by atoms with Gasteiger partial charge in [0.05, 0.1) is 0 Å². The highest BCUT2D eigenvalue weighted by atomic mass is 15.2. The fourth-order valence-electron chi connectivity index (χ4n) is 14.5. The van der Waals surface area contributed by atoms with Crippen LogP contribution in [0.25, 0.3) is 0 Å². The van der Waals surface area contributed by atoms with Crippen molar-refractivity contribution >= 4 is 57.2 Å².